The molecule has 13 nitrogen and oxygen atoms in total. The van der Waals surface area contributed by atoms with Gasteiger partial charge in [-0.2, -0.15) is 0 Å². The Labute approximate surface area is 318 Å². The van der Waals surface area contributed by atoms with Crippen molar-refractivity contribution in [2.24, 2.45) is 17.8 Å². The number of methoxy groups -OCH3 is 2. The van der Waals surface area contributed by atoms with Crippen LogP contribution in [0.3, 0.4) is 0 Å². The molecule has 11 atom stereocenters. The van der Waals surface area contributed by atoms with Crippen molar-refractivity contribution in [3.8, 4) is 0 Å². The summed E-state index contributed by atoms with van der Waals surface area (Å²) in [5, 5.41) is 27.6. The van der Waals surface area contributed by atoms with Crippen LogP contribution < -0.4 is 10.6 Å². The lowest BCUT2D eigenvalue weighted by molar-refractivity contribution is -0.143. The Balaban J connectivity index is 2.28. The van der Waals surface area contributed by atoms with E-state index in [4.69, 9.17) is 9.47 Å². The summed E-state index contributed by atoms with van der Waals surface area (Å²) in [6.07, 6.45) is -0.464. The number of rotatable bonds is 22. The Hall–Kier alpha value is -2.94. The smallest absolute Gasteiger partial charge is 0.238 e. The molecule has 13 heteroatoms. The van der Waals surface area contributed by atoms with Gasteiger partial charge in [0.15, 0.2) is 0 Å². The number of likely N-dealkylation sites (N-methyl/N-ethyl adjacent to an activating group) is 2. The number of likely N-dealkylation sites (tertiary alicyclic amines) is 1. The fraction of sp³-hybridized carbons (Fsp3) is 0.750. The standard InChI is InChI=1S/C40H69N5O8/c1-13-26(4)35(44(10)23-40(24-46,29(7)47)42-39(51)34(25(2)3)43(8)9)32(52-11)22-33(48)45-21-17-20-31(45)37(53-12)27(5)38(50)41-28(6)36(49)30-18-15-14-16-19-30/h14-16,18-19,24-29,31-32,34-37,47,49H,13,17,20-23H2,1-12H3,(H,41,50)(H,42,51). The number of ether oxygens (including phenoxy) is 2. The van der Waals surface area contributed by atoms with Gasteiger partial charge in [0.05, 0.1) is 54.9 Å². The zero-order valence-corrected chi connectivity index (χ0v) is 34.2. The summed E-state index contributed by atoms with van der Waals surface area (Å²) in [6.45, 7) is 13.5. The highest BCUT2D eigenvalue weighted by Crippen LogP contribution is 2.30. The first kappa shape index (κ1) is 46.2. The number of carbonyl (C=O) groups excluding carboxylic acids is 4. The van der Waals surface area contributed by atoms with Crippen LogP contribution in [-0.2, 0) is 28.7 Å². The van der Waals surface area contributed by atoms with E-state index in [1.807, 2.05) is 63.1 Å². The van der Waals surface area contributed by atoms with Crippen LogP contribution in [0.4, 0.5) is 0 Å². The third kappa shape index (κ3) is 11.8. The van der Waals surface area contributed by atoms with Crippen LogP contribution in [0.2, 0.25) is 0 Å². The molecule has 53 heavy (non-hydrogen) atoms. The molecule has 1 aliphatic heterocycles. The minimum atomic E-state index is -1.61. The molecule has 0 aliphatic carbocycles. The van der Waals surface area contributed by atoms with Crippen LogP contribution >= 0.6 is 0 Å². The maximum Gasteiger partial charge on any atom is 0.238 e. The molecule has 4 N–H and O–H groups in total. The third-order valence-corrected chi connectivity index (χ3v) is 11.2. The van der Waals surface area contributed by atoms with Crippen molar-refractivity contribution in [2.45, 2.75) is 128 Å². The minimum absolute atomic E-state index is 0.00929. The maximum absolute atomic E-state index is 14.2. The largest absolute Gasteiger partial charge is 0.390 e. The quantitative estimate of drug-likeness (QED) is 0.130. The van der Waals surface area contributed by atoms with Crippen LogP contribution in [0, 0.1) is 17.8 Å². The van der Waals surface area contributed by atoms with Gasteiger partial charge in [0.2, 0.25) is 17.7 Å². The monoisotopic (exact) mass is 748 g/mol. The van der Waals surface area contributed by atoms with E-state index in [-0.39, 0.29) is 54.6 Å². The Morgan fingerprint density at radius 1 is 1.00 bits per heavy atom. The van der Waals surface area contributed by atoms with Crippen molar-refractivity contribution in [3.05, 3.63) is 35.9 Å². The van der Waals surface area contributed by atoms with Crippen molar-refractivity contribution < 1.29 is 38.9 Å². The Bertz CT molecular complexity index is 1290. The number of carbonyl (C=O) groups is 4. The van der Waals surface area contributed by atoms with Crippen LogP contribution in [0.15, 0.2) is 30.3 Å². The molecule has 1 aromatic rings. The van der Waals surface area contributed by atoms with Gasteiger partial charge in [0, 0.05) is 33.4 Å². The van der Waals surface area contributed by atoms with Crippen molar-refractivity contribution >= 4 is 24.0 Å². The SMILES string of the molecule is CCC(C)C(C(CC(=O)N1CCCC1C(OC)C(C)C(=O)NC(C)C(O)c1ccccc1)OC)N(C)CC(C=O)(NC(=O)C(C(C)C)N(C)C)C(C)O. The Kier molecular flexibility index (Phi) is 18.5. The lowest BCUT2D eigenvalue weighted by Gasteiger charge is -2.44. The number of hydrogen-bond acceptors (Lipinski definition) is 10. The van der Waals surface area contributed by atoms with E-state index in [0.29, 0.717) is 24.8 Å². The molecule has 1 saturated heterocycles. The second-order valence-corrected chi connectivity index (χ2v) is 15.7. The Morgan fingerprint density at radius 2 is 1.62 bits per heavy atom. The highest BCUT2D eigenvalue weighted by atomic mass is 16.5. The molecule has 0 spiro atoms. The number of hydrogen-bond donors (Lipinski definition) is 4. The lowest BCUT2D eigenvalue weighted by Crippen LogP contribution is -2.67. The predicted octanol–water partition coefficient (Wildman–Crippen LogP) is 2.64. The third-order valence-electron chi connectivity index (χ3n) is 11.2. The normalized spacial score (nSPS) is 21.2. The molecule has 1 aliphatic rings. The summed E-state index contributed by atoms with van der Waals surface area (Å²) in [4.78, 5) is 59.4. The fourth-order valence-corrected chi connectivity index (χ4v) is 8.02. The second-order valence-electron chi connectivity index (χ2n) is 15.7. The van der Waals surface area contributed by atoms with Gasteiger partial charge in [-0.25, -0.2) is 0 Å². The number of aliphatic hydroxyl groups is 2. The summed E-state index contributed by atoms with van der Waals surface area (Å²) < 4.78 is 11.9. The van der Waals surface area contributed by atoms with Gasteiger partial charge in [0.1, 0.15) is 11.8 Å². The van der Waals surface area contributed by atoms with E-state index in [1.54, 1.807) is 52.0 Å². The molecule has 302 valence electrons. The topological polar surface area (TPSA) is 161 Å². The molecule has 3 amide bonds. The molecule has 1 heterocycles. The van der Waals surface area contributed by atoms with Gasteiger partial charge in [-0.05, 0) is 65.2 Å². The van der Waals surface area contributed by atoms with Crippen molar-refractivity contribution in [3.63, 3.8) is 0 Å². The minimum Gasteiger partial charge on any atom is -0.390 e. The fourth-order valence-electron chi connectivity index (χ4n) is 8.02. The molecule has 1 fully saturated rings. The van der Waals surface area contributed by atoms with Gasteiger partial charge >= 0.3 is 0 Å². The van der Waals surface area contributed by atoms with Gasteiger partial charge in [0.25, 0.3) is 0 Å². The van der Waals surface area contributed by atoms with Crippen LogP contribution in [0.1, 0.15) is 85.8 Å². The van der Waals surface area contributed by atoms with Crippen LogP contribution in [-0.4, -0.2) is 145 Å². The van der Waals surface area contributed by atoms with Crippen molar-refractivity contribution in [2.75, 3.05) is 48.5 Å². The predicted molar refractivity (Wildman–Crippen MR) is 206 cm³/mol. The number of benzene rings is 1. The molecule has 0 radical (unpaired) electrons. The van der Waals surface area contributed by atoms with Gasteiger partial charge < -0.3 is 40.0 Å². The molecule has 0 aromatic heterocycles. The Morgan fingerprint density at radius 3 is 2.11 bits per heavy atom. The number of aldehydes is 1. The van der Waals surface area contributed by atoms with E-state index >= 15 is 0 Å². The molecule has 1 aromatic carbocycles. The molecule has 2 rings (SSSR count). The molecule has 0 bridgehead atoms. The highest BCUT2D eigenvalue weighted by molar-refractivity contribution is 5.86. The summed E-state index contributed by atoms with van der Waals surface area (Å²) >= 11 is 0. The summed E-state index contributed by atoms with van der Waals surface area (Å²) in [5.74, 6) is -1.42. The number of nitrogens with one attached hydrogen (secondary N) is 2. The van der Waals surface area contributed by atoms with Crippen LogP contribution in [0.25, 0.3) is 0 Å². The average molecular weight is 748 g/mol. The first-order chi connectivity index (χ1) is 24.9. The average Bonchev–Trinajstić information content (AvgIpc) is 3.60. The number of nitrogens with zero attached hydrogens (tertiary/aromatic N) is 3. The van der Waals surface area contributed by atoms with Crippen LogP contribution in [0.5, 0.6) is 0 Å². The first-order valence-corrected chi connectivity index (χ1v) is 19.1. The summed E-state index contributed by atoms with van der Waals surface area (Å²) in [5.41, 5.74) is -0.908. The van der Waals surface area contributed by atoms with E-state index < -0.39 is 48.0 Å². The van der Waals surface area contributed by atoms with Gasteiger partial charge in [-0.15, -0.1) is 0 Å². The second kappa shape index (κ2) is 21.2. The van der Waals surface area contributed by atoms with E-state index in [2.05, 4.69) is 17.6 Å². The molecule has 11 unspecified atom stereocenters. The van der Waals surface area contributed by atoms with E-state index in [9.17, 15) is 29.4 Å². The molecule has 0 saturated carbocycles. The molecular weight excluding hydrogens is 678 g/mol. The zero-order chi connectivity index (χ0) is 40.2. The highest BCUT2D eigenvalue weighted by Gasteiger charge is 2.45. The first-order valence-electron chi connectivity index (χ1n) is 19.1. The van der Waals surface area contributed by atoms with Gasteiger partial charge in [-0.1, -0.05) is 71.4 Å². The van der Waals surface area contributed by atoms with Crippen molar-refractivity contribution in [1.82, 2.24) is 25.3 Å². The molecular formula is C40H69N5O8. The lowest BCUT2D eigenvalue weighted by atomic mass is 9.87. The number of aliphatic hydroxyl groups excluding tert-OH is 2. The van der Waals surface area contributed by atoms with E-state index in [0.717, 1.165) is 12.8 Å². The number of amides is 3. The maximum atomic E-state index is 14.2. The summed E-state index contributed by atoms with van der Waals surface area (Å²) in [6, 6.07) is 7.38. The van der Waals surface area contributed by atoms with Crippen molar-refractivity contribution in [1.29, 1.82) is 0 Å². The van der Waals surface area contributed by atoms with Gasteiger partial charge in [-0.3, -0.25) is 24.2 Å². The van der Waals surface area contributed by atoms with E-state index in [1.165, 1.54) is 6.92 Å². The zero-order valence-electron chi connectivity index (χ0n) is 34.2. The summed E-state index contributed by atoms with van der Waals surface area (Å²) in [7, 11) is 8.53.